The fraction of sp³-hybridized carbons (Fsp3) is 0.441. The van der Waals surface area contributed by atoms with Crippen LogP contribution in [0.4, 0.5) is 14.9 Å². The molecule has 52 heavy (non-hydrogen) atoms. The van der Waals surface area contributed by atoms with E-state index in [1.807, 2.05) is 0 Å². The number of aliphatic hydroxyl groups is 1. The number of benzene rings is 2. The smallest absolute Gasteiger partial charge is 0.407 e. The summed E-state index contributed by atoms with van der Waals surface area (Å²) in [6.45, 7) is 1.59. The van der Waals surface area contributed by atoms with E-state index in [1.165, 1.54) is 44.5 Å². The monoisotopic (exact) mass is 761 g/mol. The van der Waals surface area contributed by atoms with E-state index in [1.54, 1.807) is 24.3 Å². The van der Waals surface area contributed by atoms with Crippen LogP contribution in [0.15, 0.2) is 70.9 Å². The molecular weight excluding hydrogens is 721 g/mol. The predicted molar refractivity (Wildman–Crippen MR) is 190 cm³/mol. The number of hydrogen-bond donors (Lipinski definition) is 4. The van der Waals surface area contributed by atoms with Gasteiger partial charge in [0.25, 0.3) is 0 Å². The molecule has 3 aromatic rings. The Hall–Kier alpha value is -4.51. The average Bonchev–Trinajstić information content (AvgIpc) is 3.11. The maximum atomic E-state index is 15.5. The highest BCUT2D eigenvalue weighted by Crippen LogP contribution is 2.37. The first-order valence-corrected chi connectivity index (χ1v) is 18.3. The number of pyridine rings is 1. The zero-order valence-electron chi connectivity index (χ0n) is 28.6. The molecule has 0 unspecified atom stereocenters. The number of carbonyl (C=O) groups excluding carboxylic acids is 1. The van der Waals surface area contributed by atoms with Gasteiger partial charge in [-0.25, -0.2) is 22.3 Å². The van der Waals surface area contributed by atoms with Crippen molar-refractivity contribution in [3.05, 3.63) is 93.3 Å². The third-order valence-electron chi connectivity index (χ3n) is 8.71. The zero-order chi connectivity index (χ0) is 37.8. The number of ether oxygens (including phenoxy) is 2. The van der Waals surface area contributed by atoms with Crippen molar-refractivity contribution >= 4 is 39.3 Å². The lowest BCUT2D eigenvalue weighted by Gasteiger charge is -2.34. The molecular formula is C34H41ClFN7O8S. The highest BCUT2D eigenvalue weighted by Gasteiger charge is 2.36. The van der Waals surface area contributed by atoms with E-state index in [0.29, 0.717) is 42.4 Å². The van der Waals surface area contributed by atoms with Crippen LogP contribution in [0.1, 0.15) is 43.2 Å². The number of amides is 2. The van der Waals surface area contributed by atoms with Crippen molar-refractivity contribution in [2.24, 2.45) is 11.0 Å². The first kappa shape index (κ1) is 40.3. The summed E-state index contributed by atoms with van der Waals surface area (Å²) in [6, 6.07) is 10.0. The number of aromatic nitrogens is 1. The van der Waals surface area contributed by atoms with Crippen molar-refractivity contribution in [2.45, 2.75) is 61.6 Å². The van der Waals surface area contributed by atoms with Crippen LogP contribution in [0.2, 0.25) is 5.02 Å². The lowest BCUT2D eigenvalue weighted by Crippen LogP contribution is -2.47. The van der Waals surface area contributed by atoms with Crippen LogP contribution in [-0.4, -0.2) is 92.1 Å². The molecule has 18 heteroatoms. The third kappa shape index (κ3) is 11.0. The number of carboxylic acid groups (broad SMARTS) is 1. The number of carbonyl (C=O) groups is 2. The molecule has 1 fully saturated rings. The molecule has 0 aliphatic carbocycles. The van der Waals surface area contributed by atoms with Crippen molar-refractivity contribution < 1.29 is 42.1 Å². The molecule has 4 N–H and O–H groups in total. The molecule has 15 nitrogen and oxygen atoms in total. The number of anilines is 1. The van der Waals surface area contributed by atoms with Gasteiger partial charge in [-0.3, -0.25) is 9.78 Å². The maximum absolute atomic E-state index is 15.5. The number of nitrogens with one attached hydrogen (secondary N) is 2. The van der Waals surface area contributed by atoms with Gasteiger partial charge in [0.15, 0.2) is 0 Å². The average molecular weight is 762 g/mol. The molecule has 0 saturated carbocycles. The van der Waals surface area contributed by atoms with Crippen LogP contribution in [0.5, 0.6) is 5.75 Å². The van der Waals surface area contributed by atoms with Gasteiger partial charge < -0.3 is 29.9 Å². The molecule has 2 aromatic carbocycles. The van der Waals surface area contributed by atoms with E-state index in [0.717, 1.165) is 11.1 Å². The number of aliphatic hydroxyl groups excluding tert-OH is 1. The van der Waals surface area contributed by atoms with Gasteiger partial charge in [-0.05, 0) is 86.0 Å². The number of rotatable bonds is 17. The Morgan fingerprint density at radius 3 is 2.42 bits per heavy atom. The van der Waals surface area contributed by atoms with Crippen molar-refractivity contribution in [1.82, 2.24) is 14.6 Å². The zero-order valence-corrected chi connectivity index (χ0v) is 30.1. The highest BCUT2D eigenvalue weighted by atomic mass is 35.5. The molecule has 0 bridgehead atoms. The maximum Gasteiger partial charge on any atom is 0.407 e. The molecule has 1 saturated heterocycles. The molecule has 0 spiro atoms. The van der Waals surface area contributed by atoms with Crippen LogP contribution in [0, 0.1) is 11.7 Å². The highest BCUT2D eigenvalue weighted by molar-refractivity contribution is 7.89. The Morgan fingerprint density at radius 2 is 1.83 bits per heavy atom. The summed E-state index contributed by atoms with van der Waals surface area (Å²) >= 11 is 6.13. The Morgan fingerprint density at radius 1 is 1.15 bits per heavy atom. The summed E-state index contributed by atoms with van der Waals surface area (Å²) < 4.78 is 55.4. The quantitative estimate of drug-likeness (QED) is 0.0791. The van der Waals surface area contributed by atoms with Crippen LogP contribution < -0.4 is 14.8 Å². The molecule has 4 rings (SSSR count). The number of sulfonamides is 1. The SMILES string of the molecule is COc1ccc(S(=O)(=O)N[C@@H](CCc2c(F)cncc2NC(=O)[C@@H](N=[N+]=[N-])[C@@H](c2ccc(Cl)cc2)C2CCOCC2)CN(C[C@@H](C)O)C(=O)O)cc1. The van der Waals surface area contributed by atoms with Gasteiger partial charge >= 0.3 is 6.09 Å². The molecule has 4 atom stereocenters. The normalized spacial score (nSPS) is 15.8. The van der Waals surface area contributed by atoms with Gasteiger partial charge in [0, 0.05) is 53.8 Å². The van der Waals surface area contributed by atoms with Crippen molar-refractivity contribution in [3.8, 4) is 5.75 Å². The van der Waals surface area contributed by atoms with Crippen LogP contribution in [0.25, 0.3) is 10.4 Å². The van der Waals surface area contributed by atoms with Gasteiger partial charge in [-0.2, -0.15) is 0 Å². The molecule has 2 heterocycles. The Balaban J connectivity index is 1.63. The number of halogens is 2. The fourth-order valence-corrected chi connectivity index (χ4v) is 7.60. The summed E-state index contributed by atoms with van der Waals surface area (Å²) in [7, 11) is -2.80. The summed E-state index contributed by atoms with van der Waals surface area (Å²) in [5.41, 5.74) is 10.2. The van der Waals surface area contributed by atoms with Crippen molar-refractivity contribution in [2.75, 3.05) is 38.7 Å². The van der Waals surface area contributed by atoms with Gasteiger partial charge in [-0.1, -0.05) is 28.8 Å². The number of hydrogen-bond acceptors (Lipinski definition) is 9. The number of nitrogens with zero attached hydrogens (tertiary/aromatic N) is 5. The van der Waals surface area contributed by atoms with Crippen LogP contribution >= 0.6 is 11.6 Å². The van der Waals surface area contributed by atoms with E-state index >= 15 is 4.39 Å². The topological polar surface area (TPSA) is 216 Å². The van der Waals surface area contributed by atoms with E-state index in [9.17, 15) is 33.8 Å². The van der Waals surface area contributed by atoms with Gasteiger partial charge in [0.1, 0.15) is 17.6 Å². The van der Waals surface area contributed by atoms with Crippen LogP contribution in [0.3, 0.4) is 0 Å². The van der Waals surface area contributed by atoms with Crippen molar-refractivity contribution in [1.29, 1.82) is 0 Å². The third-order valence-corrected chi connectivity index (χ3v) is 10.5. The van der Waals surface area contributed by atoms with Crippen LogP contribution in [-0.2, 0) is 26.0 Å². The Labute approximate surface area is 305 Å². The second-order valence-corrected chi connectivity index (χ2v) is 14.5. The fourth-order valence-electron chi connectivity index (χ4n) is 6.21. The molecule has 1 aliphatic rings. The minimum atomic E-state index is -4.22. The largest absolute Gasteiger partial charge is 0.497 e. The summed E-state index contributed by atoms with van der Waals surface area (Å²) in [5, 5.41) is 26.8. The second kappa shape index (κ2) is 18.8. The Bertz CT molecular complexity index is 1820. The molecule has 1 aromatic heterocycles. The first-order valence-electron chi connectivity index (χ1n) is 16.5. The van der Waals surface area contributed by atoms with E-state index < -0.39 is 58.5 Å². The van der Waals surface area contributed by atoms with Gasteiger partial charge in [0.05, 0.1) is 36.2 Å². The van der Waals surface area contributed by atoms with Crippen molar-refractivity contribution in [3.63, 3.8) is 0 Å². The number of methoxy groups -OCH3 is 1. The van der Waals surface area contributed by atoms with E-state index in [4.69, 9.17) is 21.1 Å². The van der Waals surface area contributed by atoms with Gasteiger partial charge in [-0.15, -0.1) is 0 Å². The van der Waals surface area contributed by atoms with E-state index in [2.05, 4.69) is 25.0 Å². The van der Waals surface area contributed by atoms with Gasteiger partial charge in [0.2, 0.25) is 15.9 Å². The lowest BCUT2D eigenvalue weighted by atomic mass is 9.76. The van der Waals surface area contributed by atoms with E-state index in [-0.39, 0.29) is 41.5 Å². The standard InChI is InChI=1S/C34H41ClFN7O8S/c1-21(44)19-43(34(46)47)20-25(41-52(48,49)27-10-8-26(50-2)9-11-27)7-12-28-29(36)17-38-18-30(28)39-33(45)32(40-42-37)31(23-13-15-51-16-14-23)22-3-5-24(35)6-4-22/h3-6,8-11,17-18,21,23,25,31-32,41,44H,7,12-16,19-20H2,1-2H3,(H,39,45)(H,46,47)/t21-,25+,31+,32+/m1/s1. The first-order chi connectivity index (χ1) is 24.8. The Kier molecular flexibility index (Phi) is 14.6. The molecule has 280 valence electrons. The predicted octanol–water partition coefficient (Wildman–Crippen LogP) is 5.35. The minimum absolute atomic E-state index is 0.0387. The summed E-state index contributed by atoms with van der Waals surface area (Å²) in [5.74, 6) is -1.78. The second-order valence-electron chi connectivity index (χ2n) is 12.4. The minimum Gasteiger partial charge on any atom is -0.497 e. The molecule has 2 amide bonds. The summed E-state index contributed by atoms with van der Waals surface area (Å²) in [6.07, 6.45) is 0.567. The lowest BCUT2D eigenvalue weighted by molar-refractivity contribution is -0.118. The molecule has 1 aliphatic heterocycles. The summed E-state index contributed by atoms with van der Waals surface area (Å²) in [4.78, 5) is 33.6. The molecule has 0 radical (unpaired) electrons. The number of azide groups is 1.